The Morgan fingerprint density at radius 3 is 0.857 bits per heavy atom. The van der Waals surface area contributed by atoms with Crippen molar-refractivity contribution >= 4 is 0 Å². The van der Waals surface area contributed by atoms with Crippen LogP contribution < -0.4 is 0 Å². The van der Waals surface area contributed by atoms with Crippen LogP contribution in [0, 0.1) is 23.3 Å². The van der Waals surface area contributed by atoms with E-state index >= 15 is 0 Å². The molecule has 0 aliphatic carbocycles. The SMILES string of the molecule is Fc1c[nH]cc1F.Fc1c[nH]cc1F. The van der Waals surface area contributed by atoms with E-state index in [0.29, 0.717) is 0 Å². The second-order valence-electron chi connectivity index (χ2n) is 2.30. The highest BCUT2D eigenvalue weighted by Gasteiger charge is 1.96. The van der Waals surface area contributed by atoms with Crippen molar-refractivity contribution in [2.24, 2.45) is 0 Å². The van der Waals surface area contributed by atoms with Gasteiger partial charge in [-0.2, -0.15) is 0 Å². The molecule has 0 aliphatic heterocycles. The van der Waals surface area contributed by atoms with Gasteiger partial charge in [-0.1, -0.05) is 0 Å². The average Bonchev–Trinajstić information content (AvgIpc) is 2.67. The van der Waals surface area contributed by atoms with Crippen LogP contribution in [0.3, 0.4) is 0 Å². The van der Waals surface area contributed by atoms with E-state index in [0.717, 1.165) is 24.8 Å². The van der Waals surface area contributed by atoms with E-state index in [2.05, 4.69) is 9.97 Å². The molecule has 2 rings (SSSR count). The molecule has 2 aromatic heterocycles. The van der Waals surface area contributed by atoms with E-state index in [1.165, 1.54) is 0 Å². The Labute approximate surface area is 76.6 Å². The monoisotopic (exact) mass is 206 g/mol. The lowest BCUT2D eigenvalue weighted by molar-refractivity contribution is 0.516. The van der Waals surface area contributed by atoms with Crippen molar-refractivity contribution in [2.45, 2.75) is 0 Å². The zero-order valence-corrected chi connectivity index (χ0v) is 6.82. The number of rotatable bonds is 0. The molecular formula is C8H6F4N2. The van der Waals surface area contributed by atoms with Gasteiger partial charge in [0.25, 0.3) is 0 Å². The second kappa shape index (κ2) is 4.50. The molecule has 2 heterocycles. The summed E-state index contributed by atoms with van der Waals surface area (Å²) in [4.78, 5) is 4.50. The normalized spacial score (nSPS) is 9.43. The molecule has 0 amide bonds. The molecule has 2 aromatic rings. The van der Waals surface area contributed by atoms with Crippen LogP contribution >= 0.6 is 0 Å². The van der Waals surface area contributed by atoms with Gasteiger partial charge in [-0.25, -0.2) is 17.6 Å². The molecule has 0 atom stereocenters. The second-order valence-corrected chi connectivity index (χ2v) is 2.30. The third-order valence-electron chi connectivity index (χ3n) is 1.30. The summed E-state index contributed by atoms with van der Waals surface area (Å²) in [6.45, 7) is 0. The van der Waals surface area contributed by atoms with Crippen molar-refractivity contribution < 1.29 is 17.6 Å². The van der Waals surface area contributed by atoms with Gasteiger partial charge >= 0.3 is 0 Å². The molecule has 2 nitrogen and oxygen atoms in total. The van der Waals surface area contributed by atoms with Crippen molar-refractivity contribution in [2.75, 3.05) is 0 Å². The predicted molar refractivity (Wildman–Crippen MR) is 41.4 cm³/mol. The molecule has 0 bridgehead atoms. The summed E-state index contributed by atoms with van der Waals surface area (Å²) in [5.41, 5.74) is 0. The van der Waals surface area contributed by atoms with E-state index in [1.807, 2.05) is 0 Å². The van der Waals surface area contributed by atoms with Crippen LogP contribution in [0.2, 0.25) is 0 Å². The van der Waals surface area contributed by atoms with Gasteiger partial charge in [0.15, 0.2) is 23.3 Å². The lowest BCUT2D eigenvalue weighted by atomic mass is 10.6. The number of nitrogens with one attached hydrogen (secondary N) is 2. The first-order chi connectivity index (χ1) is 6.61. The van der Waals surface area contributed by atoms with Crippen molar-refractivity contribution in [3.8, 4) is 0 Å². The highest BCUT2D eigenvalue weighted by atomic mass is 19.2. The molecule has 0 aliphatic rings. The van der Waals surface area contributed by atoms with Crippen LogP contribution in [-0.4, -0.2) is 9.97 Å². The van der Waals surface area contributed by atoms with Gasteiger partial charge in [0.1, 0.15) is 0 Å². The minimum atomic E-state index is -0.833. The Kier molecular flexibility index (Phi) is 3.33. The molecule has 0 saturated carbocycles. The summed E-state index contributed by atoms with van der Waals surface area (Å²) in [5, 5.41) is 0. The number of hydrogen-bond donors (Lipinski definition) is 2. The lowest BCUT2D eigenvalue weighted by Crippen LogP contribution is -1.66. The van der Waals surface area contributed by atoms with Crippen LogP contribution in [-0.2, 0) is 0 Å². The maximum absolute atomic E-state index is 11.7. The Hall–Kier alpha value is -1.72. The number of halogens is 4. The first-order valence-electron chi connectivity index (χ1n) is 3.57. The minimum Gasteiger partial charge on any atom is -0.363 e. The van der Waals surface area contributed by atoms with Crippen LogP contribution in [0.25, 0.3) is 0 Å². The van der Waals surface area contributed by atoms with Gasteiger partial charge in [0.2, 0.25) is 0 Å². The standard InChI is InChI=1S/2C4H3F2N/c2*5-3-1-7-2-4(3)6/h2*1-2,7H. The van der Waals surface area contributed by atoms with Crippen LogP contribution in [0.5, 0.6) is 0 Å². The Morgan fingerprint density at radius 1 is 0.571 bits per heavy atom. The van der Waals surface area contributed by atoms with Gasteiger partial charge < -0.3 is 9.97 Å². The molecule has 2 N–H and O–H groups in total. The first kappa shape index (κ1) is 10.4. The highest BCUT2D eigenvalue weighted by Crippen LogP contribution is 2.00. The summed E-state index contributed by atoms with van der Waals surface area (Å²) >= 11 is 0. The Morgan fingerprint density at radius 2 is 0.786 bits per heavy atom. The van der Waals surface area contributed by atoms with Crippen molar-refractivity contribution in [3.63, 3.8) is 0 Å². The van der Waals surface area contributed by atoms with Crippen molar-refractivity contribution in [1.82, 2.24) is 9.97 Å². The van der Waals surface area contributed by atoms with E-state index in [-0.39, 0.29) is 0 Å². The maximum Gasteiger partial charge on any atom is 0.176 e. The zero-order valence-electron chi connectivity index (χ0n) is 6.82. The van der Waals surface area contributed by atoms with E-state index in [9.17, 15) is 17.6 Å². The molecule has 0 radical (unpaired) electrons. The summed E-state index contributed by atoms with van der Waals surface area (Å²) in [5.74, 6) is -3.33. The summed E-state index contributed by atoms with van der Waals surface area (Å²) in [6.07, 6.45) is 3.81. The smallest absolute Gasteiger partial charge is 0.176 e. The van der Waals surface area contributed by atoms with Gasteiger partial charge in [0, 0.05) is 24.8 Å². The van der Waals surface area contributed by atoms with Crippen LogP contribution in [0.15, 0.2) is 24.8 Å². The molecular weight excluding hydrogens is 200 g/mol. The largest absolute Gasteiger partial charge is 0.363 e. The fraction of sp³-hybridized carbons (Fsp3) is 0. The summed E-state index contributed by atoms with van der Waals surface area (Å²) < 4.78 is 46.7. The Bertz CT molecular complexity index is 322. The Balaban J connectivity index is 0.000000140. The van der Waals surface area contributed by atoms with Crippen LogP contribution in [0.4, 0.5) is 17.6 Å². The first-order valence-corrected chi connectivity index (χ1v) is 3.57. The predicted octanol–water partition coefficient (Wildman–Crippen LogP) is 2.59. The van der Waals surface area contributed by atoms with Crippen LogP contribution in [0.1, 0.15) is 0 Å². The minimum absolute atomic E-state index is 0.833. The van der Waals surface area contributed by atoms with E-state index in [1.54, 1.807) is 0 Å². The molecule has 14 heavy (non-hydrogen) atoms. The molecule has 0 saturated heterocycles. The highest BCUT2D eigenvalue weighted by molar-refractivity contribution is 4.95. The fourth-order valence-corrected chi connectivity index (χ4v) is 0.652. The third-order valence-corrected chi connectivity index (χ3v) is 1.30. The third kappa shape index (κ3) is 2.65. The van der Waals surface area contributed by atoms with E-state index in [4.69, 9.17) is 0 Å². The number of H-pyrrole nitrogens is 2. The maximum atomic E-state index is 11.7. The quantitative estimate of drug-likeness (QED) is 0.621. The molecule has 0 aromatic carbocycles. The van der Waals surface area contributed by atoms with E-state index < -0.39 is 23.3 Å². The van der Waals surface area contributed by atoms with Crippen molar-refractivity contribution in [3.05, 3.63) is 48.1 Å². The zero-order chi connectivity index (χ0) is 10.6. The van der Waals surface area contributed by atoms with Gasteiger partial charge in [-0.15, -0.1) is 0 Å². The molecule has 6 heteroatoms. The molecule has 76 valence electrons. The number of aromatic amines is 2. The molecule has 0 spiro atoms. The molecule has 0 unspecified atom stereocenters. The topological polar surface area (TPSA) is 31.6 Å². The molecule has 0 fully saturated rings. The summed E-state index contributed by atoms with van der Waals surface area (Å²) in [7, 11) is 0. The average molecular weight is 206 g/mol. The van der Waals surface area contributed by atoms with Gasteiger partial charge in [-0.05, 0) is 0 Å². The number of aromatic nitrogens is 2. The van der Waals surface area contributed by atoms with Crippen molar-refractivity contribution in [1.29, 1.82) is 0 Å². The van der Waals surface area contributed by atoms with Gasteiger partial charge in [-0.3, -0.25) is 0 Å². The lowest BCUT2D eigenvalue weighted by Gasteiger charge is -1.69. The summed E-state index contributed by atoms with van der Waals surface area (Å²) in [6, 6.07) is 0. The number of hydrogen-bond acceptors (Lipinski definition) is 0. The fourth-order valence-electron chi connectivity index (χ4n) is 0.652. The van der Waals surface area contributed by atoms with Gasteiger partial charge in [0.05, 0.1) is 0 Å².